The van der Waals surface area contributed by atoms with Crippen LogP contribution in [0.2, 0.25) is 0 Å². The molecule has 3 aliphatic heterocycles. The normalized spacial score (nSPS) is 25.2. The molecule has 0 unspecified atom stereocenters. The highest BCUT2D eigenvalue weighted by Crippen LogP contribution is 2.33. The van der Waals surface area contributed by atoms with E-state index < -0.39 is 58.8 Å². The van der Waals surface area contributed by atoms with Crippen LogP contribution >= 0.6 is 0 Å². The zero-order valence-corrected chi connectivity index (χ0v) is 26.7. The van der Waals surface area contributed by atoms with Crippen molar-refractivity contribution >= 4 is 16.1 Å². The maximum atomic E-state index is 14.2. The lowest BCUT2D eigenvalue weighted by Crippen LogP contribution is -2.51. The molecule has 0 spiro atoms. The molecule has 11 nitrogen and oxygen atoms in total. The van der Waals surface area contributed by atoms with Crippen LogP contribution in [-0.2, 0) is 42.0 Å². The maximum Gasteiger partial charge on any atom is 0.407 e. The van der Waals surface area contributed by atoms with Gasteiger partial charge in [0.05, 0.1) is 49.9 Å². The number of methoxy groups -OCH3 is 1. The minimum atomic E-state index is -4.18. The number of aliphatic hydroxyl groups is 1. The molecular weight excluding hydrogens is 626 g/mol. The summed E-state index contributed by atoms with van der Waals surface area (Å²) in [4.78, 5) is 13.1. The number of alkyl carbamates (subject to hydrolysis) is 1. The second-order valence-corrected chi connectivity index (χ2v) is 13.8. The monoisotopic (exact) mass is 668 g/mol. The Morgan fingerprint density at radius 3 is 2.61 bits per heavy atom. The SMILES string of the molecule is COc1ccc2c(c1)COCCCCCCCN(C[C@@H](O)[C@H](Cc1cc(F)cc(F)c1)NC(=O)O[C@H]1CO[C@H]3OCC[C@H]31)S2(=O)=O. The molecule has 0 aliphatic carbocycles. The molecule has 254 valence electrons. The number of halogens is 2. The summed E-state index contributed by atoms with van der Waals surface area (Å²) in [7, 11) is -2.69. The lowest BCUT2D eigenvalue weighted by molar-refractivity contribution is -0.0907. The van der Waals surface area contributed by atoms with E-state index in [1.165, 1.54) is 17.5 Å². The van der Waals surface area contributed by atoms with E-state index in [9.17, 15) is 27.1 Å². The van der Waals surface area contributed by atoms with Crippen LogP contribution in [0.15, 0.2) is 41.3 Å². The van der Waals surface area contributed by atoms with Gasteiger partial charge in [0.25, 0.3) is 0 Å². The van der Waals surface area contributed by atoms with Gasteiger partial charge in [-0.15, -0.1) is 0 Å². The number of hydrogen-bond acceptors (Lipinski definition) is 9. The number of carbonyl (C=O) groups excluding carboxylic acids is 1. The van der Waals surface area contributed by atoms with Gasteiger partial charge >= 0.3 is 6.09 Å². The van der Waals surface area contributed by atoms with E-state index in [1.807, 2.05) is 0 Å². The Bertz CT molecular complexity index is 1430. The van der Waals surface area contributed by atoms with Gasteiger partial charge in [-0.1, -0.05) is 19.3 Å². The molecule has 14 heteroatoms. The van der Waals surface area contributed by atoms with Gasteiger partial charge in [0.1, 0.15) is 23.5 Å². The number of fused-ring (bicyclic) bond motifs is 2. The van der Waals surface area contributed by atoms with Gasteiger partial charge in [0.2, 0.25) is 10.0 Å². The third-order valence-corrected chi connectivity index (χ3v) is 10.6. The summed E-state index contributed by atoms with van der Waals surface area (Å²) in [6.07, 6.45) is 1.05. The van der Waals surface area contributed by atoms with Crippen molar-refractivity contribution in [1.29, 1.82) is 0 Å². The molecule has 3 aliphatic rings. The first-order valence-corrected chi connectivity index (χ1v) is 17.2. The second kappa shape index (κ2) is 15.8. The molecule has 1 amide bonds. The van der Waals surface area contributed by atoms with Gasteiger partial charge in [-0.25, -0.2) is 22.0 Å². The minimum Gasteiger partial charge on any atom is -0.497 e. The van der Waals surface area contributed by atoms with Crippen molar-refractivity contribution in [3.8, 4) is 5.75 Å². The highest BCUT2D eigenvalue weighted by atomic mass is 32.2. The fourth-order valence-corrected chi connectivity index (χ4v) is 7.86. The van der Waals surface area contributed by atoms with Crippen molar-refractivity contribution in [3.05, 3.63) is 59.2 Å². The maximum absolute atomic E-state index is 14.2. The number of nitrogens with one attached hydrogen (secondary N) is 1. The molecule has 2 aromatic carbocycles. The smallest absolute Gasteiger partial charge is 0.407 e. The Morgan fingerprint density at radius 2 is 1.83 bits per heavy atom. The number of amides is 1. The number of hydrogen-bond donors (Lipinski definition) is 2. The number of rotatable bonds is 8. The van der Waals surface area contributed by atoms with E-state index in [0.29, 0.717) is 37.4 Å². The Morgan fingerprint density at radius 1 is 1.07 bits per heavy atom. The summed E-state index contributed by atoms with van der Waals surface area (Å²) in [5.41, 5.74) is 0.581. The summed E-state index contributed by atoms with van der Waals surface area (Å²) in [5.74, 6) is -1.30. The fourth-order valence-electron chi connectivity index (χ4n) is 6.17. The van der Waals surface area contributed by atoms with Crippen molar-refractivity contribution in [2.45, 2.75) is 81.0 Å². The largest absolute Gasteiger partial charge is 0.497 e. The lowest BCUT2D eigenvalue weighted by Gasteiger charge is -2.30. The second-order valence-electron chi connectivity index (χ2n) is 11.9. The number of carbonyl (C=O) groups is 1. The Labute approximate surface area is 268 Å². The van der Waals surface area contributed by atoms with Crippen molar-refractivity contribution in [1.82, 2.24) is 9.62 Å². The summed E-state index contributed by atoms with van der Waals surface area (Å²) in [5, 5.41) is 14.2. The summed E-state index contributed by atoms with van der Waals surface area (Å²) in [6.45, 7) is 0.884. The van der Waals surface area contributed by atoms with Crippen LogP contribution in [0, 0.1) is 17.6 Å². The number of ether oxygens (including phenoxy) is 5. The molecule has 46 heavy (non-hydrogen) atoms. The minimum absolute atomic E-state index is 0.0189. The molecule has 0 aromatic heterocycles. The third-order valence-electron chi connectivity index (χ3n) is 8.62. The first-order valence-electron chi connectivity index (χ1n) is 15.7. The highest BCUT2D eigenvalue weighted by molar-refractivity contribution is 7.89. The Hall–Kier alpha value is -2.88. The first kappa shape index (κ1) is 34.5. The van der Waals surface area contributed by atoms with E-state index in [0.717, 1.165) is 43.9 Å². The van der Waals surface area contributed by atoms with Gasteiger partial charge in [-0.3, -0.25) is 0 Å². The van der Waals surface area contributed by atoms with Crippen LogP contribution in [0.3, 0.4) is 0 Å². The molecule has 3 heterocycles. The summed E-state index contributed by atoms with van der Waals surface area (Å²) in [6, 6.07) is 6.38. The first-order chi connectivity index (χ1) is 22.1. The van der Waals surface area contributed by atoms with Crippen molar-refractivity contribution < 1.29 is 50.8 Å². The molecular formula is C32H42F2N2O9S. The van der Waals surface area contributed by atoms with Crippen LogP contribution < -0.4 is 10.1 Å². The quantitative estimate of drug-likeness (QED) is 0.430. The molecule has 2 N–H and O–H groups in total. The highest BCUT2D eigenvalue weighted by Gasteiger charge is 2.44. The topological polar surface area (TPSA) is 133 Å². The van der Waals surface area contributed by atoms with E-state index in [2.05, 4.69) is 5.32 Å². The van der Waals surface area contributed by atoms with Crippen LogP contribution in [0.4, 0.5) is 13.6 Å². The van der Waals surface area contributed by atoms with Gasteiger partial charge < -0.3 is 34.1 Å². The van der Waals surface area contributed by atoms with Gasteiger partial charge in [-0.05, 0) is 61.6 Å². The molecule has 0 radical (unpaired) electrons. The van der Waals surface area contributed by atoms with Gasteiger partial charge in [-0.2, -0.15) is 4.31 Å². The average molecular weight is 669 g/mol. The van der Waals surface area contributed by atoms with E-state index >= 15 is 0 Å². The predicted molar refractivity (Wildman–Crippen MR) is 162 cm³/mol. The summed E-state index contributed by atoms with van der Waals surface area (Å²) >= 11 is 0. The zero-order chi connectivity index (χ0) is 32.7. The van der Waals surface area contributed by atoms with Crippen molar-refractivity contribution in [3.63, 3.8) is 0 Å². The van der Waals surface area contributed by atoms with Gasteiger partial charge in [0.15, 0.2) is 6.29 Å². The standard InChI is InChI=1S/C32H42F2N2O9S/c1-41-25-7-8-30-22(16-25)19-42-11-6-4-2-3-5-10-36(46(30,39)40)18-28(37)27(15-21-13-23(33)17-24(34)14-21)35-32(38)45-29-20-44-31-26(29)9-12-43-31/h7-8,13-14,16-17,26-29,31,37H,2-6,9-12,15,18-20H2,1H3,(H,35,38)/t26-,27-,28+,29-,31+/m0/s1. The van der Waals surface area contributed by atoms with Gasteiger partial charge in [0, 0.05) is 31.3 Å². The van der Waals surface area contributed by atoms with Crippen molar-refractivity contribution in [2.75, 3.05) is 40.0 Å². The van der Waals surface area contributed by atoms with E-state index in [-0.39, 0.29) is 42.6 Å². The lowest BCUT2D eigenvalue weighted by atomic mass is 10.0. The summed E-state index contributed by atoms with van der Waals surface area (Å²) < 4.78 is 85.5. The average Bonchev–Trinajstić information content (AvgIpc) is 3.63. The number of nitrogens with zero attached hydrogens (tertiary/aromatic N) is 1. The van der Waals surface area contributed by atoms with Crippen LogP contribution in [0.5, 0.6) is 5.75 Å². The number of sulfonamides is 1. The molecule has 2 aromatic rings. The Kier molecular flexibility index (Phi) is 11.8. The number of β-amino-alcohol motifs (C(OH)–C–C–N with tert-alkyl or cyclic N) is 1. The molecule has 0 bridgehead atoms. The van der Waals surface area contributed by atoms with E-state index in [1.54, 1.807) is 12.1 Å². The Balaban J connectivity index is 1.39. The van der Waals surface area contributed by atoms with Crippen LogP contribution in [-0.4, -0.2) is 88.5 Å². The molecule has 5 atom stereocenters. The predicted octanol–water partition coefficient (Wildman–Crippen LogP) is 3.90. The molecule has 2 fully saturated rings. The van der Waals surface area contributed by atoms with E-state index in [4.69, 9.17) is 23.7 Å². The zero-order valence-electron chi connectivity index (χ0n) is 25.9. The molecule has 5 rings (SSSR count). The fraction of sp³-hybridized carbons (Fsp3) is 0.594. The number of aliphatic hydroxyl groups excluding tert-OH is 1. The van der Waals surface area contributed by atoms with Crippen molar-refractivity contribution in [2.24, 2.45) is 5.92 Å². The van der Waals surface area contributed by atoms with Crippen LogP contribution in [0.1, 0.15) is 49.7 Å². The van der Waals surface area contributed by atoms with Crippen LogP contribution in [0.25, 0.3) is 0 Å². The third kappa shape index (κ3) is 8.72. The molecule has 0 saturated carbocycles. The number of benzene rings is 2. The molecule has 2 saturated heterocycles.